The van der Waals surface area contributed by atoms with Crippen LogP contribution in [-0.2, 0) is 0 Å². The second-order valence-electron chi connectivity index (χ2n) is 5.95. The number of pyridine rings is 1. The molecule has 1 aromatic carbocycles. The molecule has 1 heterocycles. The minimum Gasteiger partial charge on any atom is -1.00 e. The summed E-state index contributed by atoms with van der Waals surface area (Å²) >= 11 is 0. The fraction of sp³-hybridized carbons (Fsp3) is 0.412. The topological polar surface area (TPSA) is 82.2 Å². The highest BCUT2D eigenvalue weighted by molar-refractivity contribution is 6.01. The monoisotopic (exact) mass is 445 g/mol. The van der Waals surface area contributed by atoms with E-state index in [-0.39, 0.29) is 35.3 Å². The first-order valence-corrected chi connectivity index (χ1v) is 7.87. The van der Waals surface area contributed by atoms with Crippen molar-refractivity contribution in [2.45, 2.75) is 13.8 Å². The number of carbonyl (C=O) groups excluding carboxylic acids is 1. The molecular weight excluding hydrogens is 421 g/mol. The van der Waals surface area contributed by atoms with Gasteiger partial charge in [-0.2, -0.15) is 0 Å². The number of nitrogens with zero attached hydrogens (tertiary/aromatic N) is 1. The Balaban J connectivity index is 0.00000288. The zero-order valence-corrected chi connectivity index (χ0v) is 16.4. The number of carbonyl (C=O) groups is 1. The molecule has 3 N–H and O–H groups in total. The summed E-state index contributed by atoms with van der Waals surface area (Å²) < 4.78 is 0.834. The van der Waals surface area contributed by atoms with Gasteiger partial charge < -0.3 is 43.9 Å². The maximum Gasteiger partial charge on any atom is 0.265 e. The number of likely N-dealkylation sites (N-methyl/N-ethyl adjacent to an activating group) is 1. The molecule has 0 fully saturated rings. The van der Waals surface area contributed by atoms with Gasteiger partial charge >= 0.3 is 0 Å². The van der Waals surface area contributed by atoms with Crippen molar-refractivity contribution < 1.29 is 38.4 Å². The maximum absolute atomic E-state index is 12.3. The fourth-order valence-corrected chi connectivity index (χ4v) is 2.50. The summed E-state index contributed by atoms with van der Waals surface area (Å²) in [4.78, 5) is 27.0. The van der Waals surface area contributed by atoms with Gasteiger partial charge in [-0.25, -0.2) is 0 Å². The van der Waals surface area contributed by atoms with Gasteiger partial charge in [-0.05, 0) is 26.0 Å². The van der Waals surface area contributed by atoms with Gasteiger partial charge in [-0.3, -0.25) is 9.59 Å². The molecule has 132 valence electrons. The summed E-state index contributed by atoms with van der Waals surface area (Å²) in [7, 11) is 2.12. The number of para-hydroxylation sites is 1. The highest BCUT2D eigenvalue weighted by atomic mass is 127. The largest absolute Gasteiger partial charge is 1.00 e. The van der Waals surface area contributed by atoms with Crippen LogP contribution >= 0.6 is 0 Å². The Morgan fingerprint density at radius 3 is 2.50 bits per heavy atom. The molecule has 0 spiro atoms. The molecule has 1 amide bonds. The lowest BCUT2D eigenvalue weighted by Crippen LogP contribution is -3.00. The summed E-state index contributed by atoms with van der Waals surface area (Å²) in [5.74, 6) is -0.821. The summed E-state index contributed by atoms with van der Waals surface area (Å²) in [6.45, 7) is 7.35. The number of fused-ring (bicyclic) bond motifs is 1. The van der Waals surface area contributed by atoms with Crippen LogP contribution in [0.3, 0.4) is 0 Å². The van der Waals surface area contributed by atoms with Gasteiger partial charge in [-0.1, -0.05) is 12.1 Å². The molecule has 24 heavy (non-hydrogen) atoms. The molecule has 0 radical (unpaired) electrons. The molecule has 0 saturated heterocycles. The van der Waals surface area contributed by atoms with Crippen molar-refractivity contribution in [3.8, 4) is 5.75 Å². The Morgan fingerprint density at radius 1 is 1.25 bits per heavy atom. The molecule has 1 aromatic heterocycles. The van der Waals surface area contributed by atoms with Crippen molar-refractivity contribution in [1.29, 1.82) is 0 Å². The van der Waals surface area contributed by atoms with E-state index < -0.39 is 11.5 Å². The third kappa shape index (κ3) is 4.27. The number of amides is 1. The standard InChI is InChI=1S/C17H23N3O3.HI/c1-4-20(3,5-2)11-10-18-16(22)14-15(21)12-8-6-7-9-13(12)19-17(14)23;/h6-9H,4-5,10-11H2,1-3H3,(H2-,18,19,21,22,23);1H. The lowest BCUT2D eigenvalue weighted by Gasteiger charge is -2.32. The van der Waals surface area contributed by atoms with Gasteiger partial charge in [0, 0.05) is 5.39 Å². The minimum absolute atomic E-state index is 0. The first-order valence-electron chi connectivity index (χ1n) is 7.87. The Kier molecular flexibility index (Phi) is 7.22. The van der Waals surface area contributed by atoms with E-state index in [2.05, 4.69) is 31.2 Å². The summed E-state index contributed by atoms with van der Waals surface area (Å²) in [6.07, 6.45) is 0. The average Bonchev–Trinajstić information content (AvgIpc) is 2.54. The van der Waals surface area contributed by atoms with Crippen LogP contribution in [0.4, 0.5) is 0 Å². The third-order valence-electron chi connectivity index (χ3n) is 4.59. The van der Waals surface area contributed by atoms with Crippen molar-refractivity contribution in [3.05, 3.63) is 40.2 Å². The van der Waals surface area contributed by atoms with Crippen LogP contribution in [-0.4, -0.2) is 53.7 Å². The summed E-state index contributed by atoms with van der Waals surface area (Å²) in [5.41, 5.74) is -0.305. The van der Waals surface area contributed by atoms with E-state index in [0.717, 1.165) is 24.1 Å². The van der Waals surface area contributed by atoms with Crippen molar-refractivity contribution in [1.82, 2.24) is 10.3 Å². The lowest BCUT2D eigenvalue weighted by atomic mass is 10.1. The van der Waals surface area contributed by atoms with E-state index in [4.69, 9.17) is 0 Å². The number of benzene rings is 1. The van der Waals surface area contributed by atoms with Crippen molar-refractivity contribution in [3.63, 3.8) is 0 Å². The van der Waals surface area contributed by atoms with Crippen LogP contribution < -0.4 is 34.9 Å². The van der Waals surface area contributed by atoms with E-state index in [1.807, 2.05) is 0 Å². The Morgan fingerprint density at radius 2 is 1.88 bits per heavy atom. The van der Waals surface area contributed by atoms with E-state index in [0.29, 0.717) is 17.4 Å². The van der Waals surface area contributed by atoms with Crippen LogP contribution in [0.15, 0.2) is 29.1 Å². The van der Waals surface area contributed by atoms with Gasteiger partial charge in [0.1, 0.15) is 11.3 Å². The van der Waals surface area contributed by atoms with E-state index >= 15 is 0 Å². The molecule has 0 atom stereocenters. The SMILES string of the molecule is CC[N+](C)(CC)CCNC(=O)c1c(O)c2ccccc2[nH]c1=O.[I-]. The fourth-order valence-electron chi connectivity index (χ4n) is 2.50. The molecule has 0 aliphatic rings. The van der Waals surface area contributed by atoms with Gasteiger partial charge in [0.2, 0.25) is 0 Å². The maximum atomic E-state index is 12.3. The van der Waals surface area contributed by atoms with Crippen LogP contribution in [0.1, 0.15) is 24.2 Å². The number of hydrogen-bond donors (Lipinski definition) is 3. The smallest absolute Gasteiger partial charge is 0.265 e. The normalized spacial score (nSPS) is 11.1. The number of aromatic nitrogens is 1. The number of rotatable bonds is 6. The highest BCUT2D eigenvalue weighted by Gasteiger charge is 2.21. The quantitative estimate of drug-likeness (QED) is 0.372. The molecule has 6 nitrogen and oxygen atoms in total. The zero-order chi connectivity index (χ0) is 17.0. The molecule has 0 saturated carbocycles. The molecule has 0 aliphatic carbocycles. The van der Waals surface area contributed by atoms with Crippen molar-refractivity contribution >= 4 is 16.8 Å². The summed E-state index contributed by atoms with van der Waals surface area (Å²) in [6, 6.07) is 6.85. The highest BCUT2D eigenvalue weighted by Crippen LogP contribution is 2.24. The first kappa shape index (κ1) is 20.4. The number of H-pyrrole nitrogens is 1. The molecule has 0 bridgehead atoms. The third-order valence-corrected chi connectivity index (χ3v) is 4.59. The lowest BCUT2D eigenvalue weighted by molar-refractivity contribution is -0.904. The van der Waals surface area contributed by atoms with Crippen LogP contribution in [0.5, 0.6) is 5.75 Å². The summed E-state index contributed by atoms with van der Waals surface area (Å²) in [5, 5.41) is 13.5. The molecule has 7 heteroatoms. The average molecular weight is 445 g/mol. The minimum atomic E-state index is -0.582. The van der Waals surface area contributed by atoms with E-state index in [9.17, 15) is 14.7 Å². The van der Waals surface area contributed by atoms with E-state index in [1.165, 1.54) is 0 Å². The molecule has 2 rings (SSSR count). The van der Waals surface area contributed by atoms with Gasteiger partial charge in [-0.15, -0.1) is 0 Å². The van der Waals surface area contributed by atoms with Gasteiger partial charge in [0.05, 0.1) is 38.7 Å². The predicted octanol–water partition coefficient (Wildman–Crippen LogP) is -1.55. The molecule has 0 aliphatic heterocycles. The molecule has 2 aromatic rings. The number of aromatic amines is 1. The second-order valence-corrected chi connectivity index (χ2v) is 5.95. The predicted molar refractivity (Wildman–Crippen MR) is 90.7 cm³/mol. The number of aromatic hydroxyl groups is 1. The number of nitrogens with one attached hydrogen (secondary N) is 2. The molecule has 0 unspecified atom stereocenters. The van der Waals surface area contributed by atoms with Crippen molar-refractivity contribution in [2.75, 3.05) is 33.2 Å². The van der Waals surface area contributed by atoms with Crippen LogP contribution in [0.25, 0.3) is 10.9 Å². The number of halogens is 1. The number of hydrogen-bond acceptors (Lipinski definition) is 3. The second kappa shape index (κ2) is 8.48. The van der Waals surface area contributed by atoms with E-state index in [1.54, 1.807) is 24.3 Å². The number of quaternary nitrogens is 1. The van der Waals surface area contributed by atoms with Crippen molar-refractivity contribution in [2.24, 2.45) is 0 Å². The zero-order valence-electron chi connectivity index (χ0n) is 14.2. The first-order chi connectivity index (χ1) is 10.9. The van der Waals surface area contributed by atoms with Gasteiger partial charge in [0.15, 0.2) is 0 Å². The Hall–Kier alpha value is -1.61. The van der Waals surface area contributed by atoms with Crippen LogP contribution in [0, 0.1) is 0 Å². The van der Waals surface area contributed by atoms with Crippen LogP contribution in [0.2, 0.25) is 0 Å². The Labute approximate surface area is 158 Å². The van der Waals surface area contributed by atoms with Gasteiger partial charge in [0.25, 0.3) is 11.5 Å². The molecular formula is C17H24IN3O3. The Bertz CT molecular complexity index is 769.